The Morgan fingerprint density at radius 2 is 2.04 bits per heavy atom. The Kier molecular flexibility index (Phi) is 4.62. The van der Waals surface area contributed by atoms with Gasteiger partial charge in [-0.05, 0) is 30.7 Å². The van der Waals surface area contributed by atoms with Crippen molar-refractivity contribution in [2.45, 2.75) is 23.7 Å². The van der Waals surface area contributed by atoms with Crippen LogP contribution in [0.3, 0.4) is 0 Å². The van der Waals surface area contributed by atoms with E-state index in [9.17, 15) is 4.79 Å². The highest BCUT2D eigenvalue weighted by atomic mass is 32.2. The van der Waals surface area contributed by atoms with E-state index in [0.717, 1.165) is 27.2 Å². The lowest BCUT2D eigenvalue weighted by molar-refractivity contribution is -0.120. The summed E-state index contributed by atoms with van der Waals surface area (Å²) in [5.41, 5.74) is 1.84. The first-order chi connectivity index (χ1) is 12.7. The molecule has 0 fully saturated rings. The van der Waals surface area contributed by atoms with E-state index in [2.05, 4.69) is 15.3 Å². The number of rotatable bonds is 5. The molecule has 3 aromatic rings. The van der Waals surface area contributed by atoms with Crippen molar-refractivity contribution in [2.24, 2.45) is 0 Å². The first-order valence-corrected chi connectivity index (χ1v) is 9.11. The number of nitrogens with one attached hydrogen (secondary N) is 1. The van der Waals surface area contributed by atoms with Crippen molar-refractivity contribution in [1.29, 1.82) is 0 Å². The van der Waals surface area contributed by atoms with Crippen LogP contribution in [0.4, 0.5) is 0 Å². The van der Waals surface area contributed by atoms with Gasteiger partial charge in [-0.25, -0.2) is 9.97 Å². The molecule has 6 nitrogen and oxygen atoms in total. The molecule has 2 aromatic carbocycles. The zero-order valence-corrected chi connectivity index (χ0v) is 15.0. The molecular formula is C19H17N3O3S. The van der Waals surface area contributed by atoms with E-state index in [0.29, 0.717) is 12.3 Å². The van der Waals surface area contributed by atoms with Crippen molar-refractivity contribution in [1.82, 2.24) is 15.3 Å². The molecule has 0 bridgehead atoms. The van der Waals surface area contributed by atoms with Crippen LogP contribution in [-0.2, 0) is 11.3 Å². The lowest BCUT2D eigenvalue weighted by Crippen LogP contribution is -2.30. The summed E-state index contributed by atoms with van der Waals surface area (Å²) in [6.07, 6.45) is 1.53. The van der Waals surface area contributed by atoms with Gasteiger partial charge in [-0.2, -0.15) is 0 Å². The maximum Gasteiger partial charge on any atom is 0.233 e. The first-order valence-electron chi connectivity index (χ1n) is 8.23. The molecular weight excluding hydrogens is 350 g/mol. The number of benzene rings is 2. The van der Waals surface area contributed by atoms with Crippen LogP contribution in [0.5, 0.6) is 11.5 Å². The number of aromatic nitrogens is 2. The fraction of sp³-hybridized carbons (Fsp3) is 0.211. The van der Waals surface area contributed by atoms with Crippen molar-refractivity contribution in [3.05, 3.63) is 54.4 Å². The maximum absolute atomic E-state index is 12.5. The normalized spacial score (nSPS) is 13.6. The SMILES string of the molecule is C[C@@H](Sc1ncnc2ccccc12)C(=O)NCc1ccc2c(c1)OCO2. The molecule has 0 unspecified atom stereocenters. The van der Waals surface area contributed by atoms with Gasteiger partial charge in [-0.1, -0.05) is 36.0 Å². The molecule has 0 radical (unpaired) electrons. The summed E-state index contributed by atoms with van der Waals surface area (Å²) in [5.74, 6) is 1.40. The molecule has 1 aromatic heterocycles. The van der Waals surface area contributed by atoms with Gasteiger partial charge in [0.25, 0.3) is 0 Å². The number of hydrogen-bond donors (Lipinski definition) is 1. The van der Waals surface area contributed by atoms with E-state index in [1.165, 1.54) is 18.1 Å². The van der Waals surface area contributed by atoms with Crippen molar-refractivity contribution in [2.75, 3.05) is 6.79 Å². The minimum atomic E-state index is -0.276. The van der Waals surface area contributed by atoms with Crippen molar-refractivity contribution < 1.29 is 14.3 Å². The average molecular weight is 367 g/mol. The minimum absolute atomic E-state index is 0.0460. The predicted molar refractivity (Wildman–Crippen MR) is 99.3 cm³/mol. The standard InChI is InChI=1S/C19H17N3O3S/c1-12(26-19-14-4-2-3-5-15(14)21-10-22-19)18(23)20-9-13-6-7-16-17(8-13)25-11-24-16/h2-8,10,12H,9,11H2,1H3,(H,20,23)/t12-/m1/s1. The Morgan fingerprint density at radius 1 is 1.19 bits per heavy atom. The van der Waals surface area contributed by atoms with Gasteiger partial charge in [-0.15, -0.1) is 0 Å². The molecule has 2 heterocycles. The van der Waals surface area contributed by atoms with Gasteiger partial charge < -0.3 is 14.8 Å². The fourth-order valence-electron chi connectivity index (χ4n) is 2.68. The van der Waals surface area contributed by atoms with Gasteiger partial charge in [-0.3, -0.25) is 4.79 Å². The quantitative estimate of drug-likeness (QED) is 0.552. The van der Waals surface area contributed by atoms with Crippen LogP contribution in [0.25, 0.3) is 10.9 Å². The highest BCUT2D eigenvalue weighted by molar-refractivity contribution is 8.00. The zero-order valence-electron chi connectivity index (χ0n) is 14.1. The maximum atomic E-state index is 12.5. The molecule has 26 heavy (non-hydrogen) atoms. The van der Waals surface area contributed by atoms with Gasteiger partial charge in [0.1, 0.15) is 11.4 Å². The van der Waals surface area contributed by atoms with Crippen molar-refractivity contribution >= 4 is 28.6 Å². The molecule has 4 rings (SSSR count). The topological polar surface area (TPSA) is 73.3 Å². The summed E-state index contributed by atoms with van der Waals surface area (Å²) >= 11 is 1.43. The molecule has 0 saturated carbocycles. The molecule has 1 N–H and O–H groups in total. The van der Waals surface area contributed by atoms with Gasteiger partial charge in [0.15, 0.2) is 11.5 Å². The number of nitrogens with zero attached hydrogens (tertiary/aromatic N) is 2. The van der Waals surface area contributed by atoms with Gasteiger partial charge in [0.05, 0.1) is 10.8 Å². The van der Waals surface area contributed by atoms with E-state index < -0.39 is 0 Å². The molecule has 1 aliphatic heterocycles. The number of carbonyl (C=O) groups excluding carboxylic acids is 1. The molecule has 0 saturated heterocycles. The third-order valence-corrected chi connectivity index (χ3v) is 5.18. The second-order valence-electron chi connectivity index (χ2n) is 5.86. The summed E-state index contributed by atoms with van der Waals surface area (Å²) in [6.45, 7) is 2.55. The highest BCUT2D eigenvalue weighted by Crippen LogP contribution is 2.32. The monoisotopic (exact) mass is 367 g/mol. The van der Waals surface area contributed by atoms with Gasteiger partial charge >= 0.3 is 0 Å². The van der Waals surface area contributed by atoms with E-state index in [4.69, 9.17) is 9.47 Å². The average Bonchev–Trinajstić information content (AvgIpc) is 3.14. The molecule has 1 atom stereocenters. The summed E-state index contributed by atoms with van der Waals surface area (Å²) < 4.78 is 10.7. The van der Waals surface area contributed by atoms with Crippen LogP contribution in [0.1, 0.15) is 12.5 Å². The summed E-state index contributed by atoms with van der Waals surface area (Å²) in [5, 5.41) is 4.44. The summed E-state index contributed by atoms with van der Waals surface area (Å²) in [6, 6.07) is 13.4. The molecule has 132 valence electrons. The predicted octanol–water partition coefficient (Wildman–Crippen LogP) is 3.16. The number of hydrogen-bond acceptors (Lipinski definition) is 6. The van der Waals surface area contributed by atoms with Crippen LogP contribution in [0.15, 0.2) is 53.8 Å². The molecule has 7 heteroatoms. The van der Waals surface area contributed by atoms with Crippen LogP contribution in [-0.4, -0.2) is 27.9 Å². The molecule has 0 aliphatic carbocycles. The second-order valence-corrected chi connectivity index (χ2v) is 7.19. The second kappa shape index (κ2) is 7.21. The van der Waals surface area contributed by atoms with Crippen LogP contribution in [0.2, 0.25) is 0 Å². The molecule has 1 amide bonds. The van der Waals surface area contributed by atoms with Crippen molar-refractivity contribution in [3.63, 3.8) is 0 Å². The summed E-state index contributed by atoms with van der Waals surface area (Å²) in [4.78, 5) is 21.0. The van der Waals surface area contributed by atoms with E-state index in [1.807, 2.05) is 49.4 Å². The number of para-hydroxylation sites is 1. The Hall–Kier alpha value is -2.80. The summed E-state index contributed by atoms with van der Waals surface area (Å²) in [7, 11) is 0. The van der Waals surface area contributed by atoms with Crippen LogP contribution in [0, 0.1) is 0 Å². The molecule has 0 spiro atoms. The number of carbonyl (C=O) groups is 1. The van der Waals surface area contributed by atoms with E-state index in [1.54, 1.807) is 0 Å². The number of fused-ring (bicyclic) bond motifs is 2. The van der Waals surface area contributed by atoms with Crippen LogP contribution < -0.4 is 14.8 Å². The van der Waals surface area contributed by atoms with Gasteiger partial charge in [0.2, 0.25) is 12.7 Å². The Balaban J connectivity index is 1.40. The largest absolute Gasteiger partial charge is 0.454 e. The van der Waals surface area contributed by atoms with E-state index >= 15 is 0 Å². The zero-order chi connectivity index (χ0) is 17.9. The number of ether oxygens (including phenoxy) is 2. The Morgan fingerprint density at radius 3 is 2.96 bits per heavy atom. The van der Waals surface area contributed by atoms with Crippen LogP contribution >= 0.6 is 11.8 Å². The number of amides is 1. The van der Waals surface area contributed by atoms with E-state index in [-0.39, 0.29) is 18.0 Å². The Bertz CT molecular complexity index is 958. The fourth-order valence-corrected chi connectivity index (χ4v) is 3.61. The third-order valence-electron chi connectivity index (χ3n) is 4.07. The molecule has 1 aliphatic rings. The minimum Gasteiger partial charge on any atom is -0.454 e. The Labute approximate surface area is 154 Å². The highest BCUT2D eigenvalue weighted by Gasteiger charge is 2.18. The van der Waals surface area contributed by atoms with Gasteiger partial charge in [0, 0.05) is 11.9 Å². The van der Waals surface area contributed by atoms with Crippen molar-refractivity contribution in [3.8, 4) is 11.5 Å². The lowest BCUT2D eigenvalue weighted by atomic mass is 10.2. The smallest absolute Gasteiger partial charge is 0.233 e. The number of thioether (sulfide) groups is 1. The third kappa shape index (κ3) is 3.43. The first kappa shape index (κ1) is 16.7. The lowest BCUT2D eigenvalue weighted by Gasteiger charge is -2.13.